The number of carbonyl (C=O) groups is 2. The largest absolute Gasteiger partial charge is 0.463 e. The molecule has 0 N–H and O–H groups in total. The summed E-state index contributed by atoms with van der Waals surface area (Å²) in [5.41, 5.74) is 1.67. The molecule has 0 spiro atoms. The number of fused-ring (bicyclic) bond motifs is 1. The highest BCUT2D eigenvalue weighted by molar-refractivity contribution is 7.13. The van der Waals surface area contributed by atoms with Gasteiger partial charge in [0.25, 0.3) is 5.71 Å². The van der Waals surface area contributed by atoms with Crippen molar-refractivity contribution in [3.8, 4) is 10.6 Å². The number of pyridine rings is 1. The van der Waals surface area contributed by atoms with Crippen LogP contribution in [0.2, 0.25) is 0 Å². The zero-order valence-electron chi connectivity index (χ0n) is 12.6. The van der Waals surface area contributed by atoms with E-state index in [0.717, 1.165) is 4.88 Å². The van der Waals surface area contributed by atoms with Crippen LogP contribution in [0, 0.1) is 6.92 Å². The van der Waals surface area contributed by atoms with E-state index < -0.39 is 18.0 Å². The van der Waals surface area contributed by atoms with Crippen molar-refractivity contribution in [2.75, 3.05) is 6.61 Å². The fourth-order valence-electron chi connectivity index (χ4n) is 2.58. The second-order valence-electron chi connectivity index (χ2n) is 5.33. The Kier molecular flexibility index (Phi) is 3.53. The van der Waals surface area contributed by atoms with Crippen molar-refractivity contribution >= 4 is 34.4 Å². The molecule has 0 radical (unpaired) electrons. The van der Waals surface area contributed by atoms with Gasteiger partial charge in [0.15, 0.2) is 0 Å². The first-order valence-corrected chi connectivity index (χ1v) is 8.20. The minimum Gasteiger partial charge on any atom is -0.463 e. The van der Waals surface area contributed by atoms with Crippen molar-refractivity contribution in [2.45, 2.75) is 19.4 Å². The second-order valence-corrected chi connectivity index (χ2v) is 6.28. The summed E-state index contributed by atoms with van der Waals surface area (Å²) in [5.74, 6) is -1.13. The minimum atomic E-state index is -0.869. The maximum absolute atomic E-state index is 12.6. The molecule has 4 rings (SSSR count). The maximum atomic E-state index is 12.6. The quantitative estimate of drug-likeness (QED) is 0.675. The molecule has 122 valence electrons. The molecular weight excluding hydrogens is 332 g/mol. The van der Waals surface area contributed by atoms with Crippen molar-refractivity contribution in [2.24, 2.45) is 0 Å². The minimum absolute atomic E-state index is 0.259. The molecule has 0 bridgehead atoms. The number of rotatable bonds is 3. The van der Waals surface area contributed by atoms with Crippen LogP contribution in [0.25, 0.3) is 21.7 Å². The molecular formula is C16H12N2O5S. The van der Waals surface area contributed by atoms with Crippen LogP contribution in [0.3, 0.4) is 0 Å². The van der Waals surface area contributed by atoms with E-state index in [9.17, 15) is 9.59 Å². The zero-order valence-corrected chi connectivity index (χ0v) is 13.5. The lowest BCUT2D eigenvalue weighted by Crippen LogP contribution is -2.23. The summed E-state index contributed by atoms with van der Waals surface area (Å²) in [4.78, 5) is 29.4. The van der Waals surface area contributed by atoms with Gasteiger partial charge in [0.05, 0.1) is 33.8 Å². The van der Waals surface area contributed by atoms with E-state index in [2.05, 4.69) is 10.1 Å². The Bertz CT molecular complexity index is 932. The molecule has 7 nitrogen and oxygen atoms in total. The summed E-state index contributed by atoms with van der Waals surface area (Å²) in [6.45, 7) is 1.98. The number of aromatic nitrogens is 2. The van der Waals surface area contributed by atoms with Gasteiger partial charge in [-0.3, -0.25) is 0 Å². The van der Waals surface area contributed by atoms with Crippen molar-refractivity contribution in [3.63, 3.8) is 0 Å². The third-order valence-electron chi connectivity index (χ3n) is 3.75. The Labute approximate surface area is 140 Å². The van der Waals surface area contributed by atoms with Gasteiger partial charge in [-0.25, -0.2) is 14.6 Å². The fraction of sp³-hybridized carbons (Fsp3) is 0.250. The van der Waals surface area contributed by atoms with Gasteiger partial charge in [-0.05, 0) is 24.4 Å². The van der Waals surface area contributed by atoms with E-state index in [-0.39, 0.29) is 17.9 Å². The Morgan fingerprint density at radius 3 is 3.04 bits per heavy atom. The molecule has 1 atom stereocenters. The highest BCUT2D eigenvalue weighted by atomic mass is 32.1. The molecule has 1 fully saturated rings. The lowest BCUT2D eigenvalue weighted by atomic mass is 10.1. The topological polar surface area (TPSA) is 91.5 Å². The number of hydrogen-bond donors (Lipinski definition) is 0. The van der Waals surface area contributed by atoms with E-state index >= 15 is 0 Å². The summed E-state index contributed by atoms with van der Waals surface area (Å²) >= 11 is 1.49. The van der Waals surface area contributed by atoms with E-state index in [4.69, 9.17) is 14.0 Å². The molecule has 3 aromatic heterocycles. The fourth-order valence-corrected chi connectivity index (χ4v) is 3.27. The van der Waals surface area contributed by atoms with Gasteiger partial charge in [-0.2, -0.15) is 0 Å². The van der Waals surface area contributed by atoms with Crippen LogP contribution in [0.5, 0.6) is 0 Å². The van der Waals surface area contributed by atoms with Gasteiger partial charge in [0, 0.05) is 6.42 Å². The molecule has 3 aromatic rings. The molecule has 0 unspecified atom stereocenters. The number of esters is 2. The van der Waals surface area contributed by atoms with Crippen LogP contribution in [-0.2, 0) is 14.3 Å². The molecule has 0 aromatic carbocycles. The highest BCUT2D eigenvalue weighted by Gasteiger charge is 2.32. The molecule has 1 aliphatic rings. The molecule has 24 heavy (non-hydrogen) atoms. The summed E-state index contributed by atoms with van der Waals surface area (Å²) < 4.78 is 15.3. The summed E-state index contributed by atoms with van der Waals surface area (Å²) in [6, 6.07) is 5.43. The first kappa shape index (κ1) is 14.8. The Balaban J connectivity index is 1.79. The first-order valence-electron chi connectivity index (χ1n) is 7.32. The van der Waals surface area contributed by atoms with Crippen LogP contribution in [-0.4, -0.2) is 34.8 Å². The standard InChI is InChI=1S/C16H12N2O5S/c1-8-13-9(15(19)22-11-4-5-21-16(11)20)7-10(12-3-2-6-24-12)17-14(13)23-18-8/h2-3,6-7,11H,4-5H2,1H3/t11-/m1/s1. The third kappa shape index (κ3) is 2.44. The van der Waals surface area contributed by atoms with Crippen molar-refractivity contribution in [1.82, 2.24) is 10.1 Å². The number of ether oxygens (including phenoxy) is 2. The third-order valence-corrected chi connectivity index (χ3v) is 4.64. The molecule has 0 amide bonds. The number of carbonyl (C=O) groups excluding carboxylic acids is 2. The van der Waals surface area contributed by atoms with Crippen molar-refractivity contribution < 1.29 is 23.6 Å². The Hall–Kier alpha value is -2.74. The monoisotopic (exact) mass is 344 g/mol. The van der Waals surface area contributed by atoms with E-state index in [1.54, 1.807) is 13.0 Å². The lowest BCUT2D eigenvalue weighted by molar-refractivity contribution is -0.145. The number of cyclic esters (lactones) is 1. The number of nitrogens with zero attached hydrogens (tertiary/aromatic N) is 2. The van der Waals surface area contributed by atoms with Crippen LogP contribution < -0.4 is 0 Å². The van der Waals surface area contributed by atoms with Gasteiger partial charge in [0.1, 0.15) is 0 Å². The van der Waals surface area contributed by atoms with Crippen molar-refractivity contribution in [3.05, 3.63) is 34.8 Å². The Morgan fingerprint density at radius 2 is 2.33 bits per heavy atom. The normalized spacial score (nSPS) is 17.2. The molecule has 4 heterocycles. The molecule has 1 saturated heterocycles. The van der Waals surface area contributed by atoms with Gasteiger partial charge in [-0.1, -0.05) is 11.2 Å². The Morgan fingerprint density at radius 1 is 1.46 bits per heavy atom. The highest BCUT2D eigenvalue weighted by Crippen LogP contribution is 2.30. The smallest absolute Gasteiger partial charge is 0.347 e. The summed E-state index contributed by atoms with van der Waals surface area (Å²) in [6.07, 6.45) is -0.509. The van der Waals surface area contributed by atoms with E-state index in [1.165, 1.54) is 11.3 Å². The van der Waals surface area contributed by atoms with Crippen LogP contribution >= 0.6 is 11.3 Å². The van der Waals surface area contributed by atoms with E-state index in [0.29, 0.717) is 23.2 Å². The number of aryl methyl sites for hydroxylation is 1. The molecule has 1 aliphatic heterocycles. The van der Waals surface area contributed by atoms with Crippen LogP contribution in [0.15, 0.2) is 28.1 Å². The van der Waals surface area contributed by atoms with Gasteiger partial charge >= 0.3 is 11.9 Å². The van der Waals surface area contributed by atoms with Gasteiger partial charge < -0.3 is 14.0 Å². The lowest BCUT2D eigenvalue weighted by Gasteiger charge is -2.09. The first-order chi connectivity index (χ1) is 11.6. The average molecular weight is 344 g/mol. The zero-order chi connectivity index (χ0) is 16.7. The summed E-state index contributed by atoms with van der Waals surface area (Å²) in [5, 5.41) is 6.28. The molecule has 0 aliphatic carbocycles. The average Bonchev–Trinajstić information content (AvgIpc) is 3.30. The van der Waals surface area contributed by atoms with E-state index in [1.807, 2.05) is 17.5 Å². The number of thiophene rings is 1. The predicted octanol–water partition coefficient (Wildman–Crippen LogP) is 2.73. The number of hydrogen-bond acceptors (Lipinski definition) is 8. The SMILES string of the molecule is Cc1noc2nc(-c3cccs3)cc(C(=O)O[C@@H]3CCOC3=O)c12. The van der Waals surface area contributed by atoms with Gasteiger partial charge in [0.2, 0.25) is 6.10 Å². The molecule has 0 saturated carbocycles. The second kappa shape index (κ2) is 5.72. The van der Waals surface area contributed by atoms with Gasteiger partial charge in [-0.15, -0.1) is 11.3 Å². The maximum Gasteiger partial charge on any atom is 0.347 e. The predicted molar refractivity (Wildman–Crippen MR) is 84.6 cm³/mol. The summed E-state index contributed by atoms with van der Waals surface area (Å²) in [7, 11) is 0. The van der Waals surface area contributed by atoms with Crippen molar-refractivity contribution in [1.29, 1.82) is 0 Å². The molecule has 8 heteroatoms. The van der Waals surface area contributed by atoms with Crippen LogP contribution in [0.1, 0.15) is 22.5 Å². The van der Waals surface area contributed by atoms with Crippen LogP contribution in [0.4, 0.5) is 0 Å².